The molecule has 2 atom stereocenters. The van der Waals surface area contributed by atoms with E-state index in [1.54, 1.807) is 0 Å². The molecule has 1 N–H and O–H groups in total. The van der Waals surface area contributed by atoms with Crippen LogP contribution in [0.25, 0.3) is 0 Å². The van der Waals surface area contributed by atoms with Crippen LogP contribution in [0, 0.1) is 0 Å². The average molecular weight is 393 g/mol. The van der Waals surface area contributed by atoms with Crippen LogP contribution in [0.4, 0.5) is 0 Å². The fourth-order valence-electron chi connectivity index (χ4n) is 5.38. The fourth-order valence-corrected chi connectivity index (χ4v) is 5.38. The number of aromatic nitrogens is 1. The van der Waals surface area contributed by atoms with Crippen LogP contribution in [0.5, 0.6) is 0 Å². The van der Waals surface area contributed by atoms with E-state index in [-0.39, 0.29) is 23.6 Å². The lowest BCUT2D eigenvalue weighted by molar-refractivity contribution is -0.150. The smallest absolute Gasteiger partial charge is 0.227 e. The fraction of sp³-hybridized carbons (Fsp3) is 0.478. The summed E-state index contributed by atoms with van der Waals surface area (Å²) in [5, 5.41) is 10.3. The van der Waals surface area contributed by atoms with Crippen LogP contribution < -0.4 is 0 Å². The first-order chi connectivity index (χ1) is 14.1. The molecule has 2 aromatic rings. The zero-order chi connectivity index (χ0) is 19.8. The lowest BCUT2D eigenvalue weighted by Crippen LogP contribution is -2.78. The molecule has 29 heavy (non-hydrogen) atoms. The number of aliphatic hydroxyl groups is 1. The van der Waals surface area contributed by atoms with Gasteiger partial charge in [0.25, 0.3) is 0 Å². The van der Waals surface area contributed by atoms with Crippen molar-refractivity contribution in [3.05, 3.63) is 66.0 Å². The van der Waals surface area contributed by atoms with E-state index in [0.29, 0.717) is 6.42 Å². The topological polar surface area (TPSA) is 59.9 Å². The van der Waals surface area contributed by atoms with Crippen LogP contribution in [0.3, 0.4) is 0 Å². The van der Waals surface area contributed by atoms with Crippen molar-refractivity contribution in [1.82, 2.24) is 19.7 Å². The zero-order valence-corrected chi connectivity index (χ0v) is 16.7. The molecule has 4 heterocycles. The van der Waals surface area contributed by atoms with E-state index >= 15 is 0 Å². The number of likely N-dealkylation sites (tertiary alicyclic amines) is 1. The maximum Gasteiger partial charge on any atom is 0.227 e. The quantitative estimate of drug-likeness (QED) is 0.846. The van der Waals surface area contributed by atoms with Gasteiger partial charge < -0.3 is 10.0 Å². The first-order valence-electron chi connectivity index (χ1n) is 10.5. The van der Waals surface area contributed by atoms with Crippen LogP contribution in [0.15, 0.2) is 54.7 Å². The van der Waals surface area contributed by atoms with Crippen molar-refractivity contribution in [1.29, 1.82) is 0 Å². The van der Waals surface area contributed by atoms with Gasteiger partial charge in [0.1, 0.15) is 0 Å². The number of nitrogens with zero attached hydrogens (tertiary/aromatic N) is 4. The van der Waals surface area contributed by atoms with Crippen molar-refractivity contribution in [3.8, 4) is 0 Å². The lowest BCUT2D eigenvalue weighted by Gasteiger charge is -2.61. The lowest BCUT2D eigenvalue weighted by atomic mass is 9.83. The number of β-amino-alcohol motifs (C(OH)–C–C–N with tert-alkyl or cyclic N) is 1. The van der Waals surface area contributed by atoms with Gasteiger partial charge in [-0.1, -0.05) is 36.4 Å². The van der Waals surface area contributed by atoms with Gasteiger partial charge in [-0.3, -0.25) is 19.6 Å². The maximum absolute atomic E-state index is 13.1. The number of aliphatic hydroxyl groups excluding tert-OH is 1. The van der Waals surface area contributed by atoms with Gasteiger partial charge >= 0.3 is 0 Å². The van der Waals surface area contributed by atoms with E-state index in [9.17, 15) is 9.90 Å². The highest BCUT2D eigenvalue weighted by atomic mass is 16.3. The molecule has 0 saturated carbocycles. The molecule has 6 heteroatoms. The molecule has 6 nitrogen and oxygen atoms in total. The Hall–Kier alpha value is -2.28. The largest absolute Gasteiger partial charge is 0.392 e. The Labute approximate surface area is 171 Å². The summed E-state index contributed by atoms with van der Waals surface area (Å²) in [7, 11) is 0. The van der Waals surface area contributed by atoms with Crippen LogP contribution in [-0.2, 0) is 17.8 Å². The molecule has 0 aliphatic carbocycles. The van der Waals surface area contributed by atoms with Gasteiger partial charge in [-0.15, -0.1) is 0 Å². The molecule has 3 fully saturated rings. The van der Waals surface area contributed by atoms with Crippen LogP contribution in [0.1, 0.15) is 17.7 Å². The molecule has 0 bridgehead atoms. The Kier molecular flexibility index (Phi) is 4.86. The number of pyridine rings is 1. The Morgan fingerprint density at radius 3 is 2.62 bits per heavy atom. The van der Waals surface area contributed by atoms with E-state index in [4.69, 9.17) is 0 Å². The van der Waals surface area contributed by atoms with Crippen molar-refractivity contribution in [3.63, 3.8) is 0 Å². The monoisotopic (exact) mass is 392 g/mol. The molecular weight excluding hydrogens is 364 g/mol. The van der Waals surface area contributed by atoms with Gasteiger partial charge in [-0.05, 0) is 24.1 Å². The molecule has 5 rings (SSSR count). The Bertz CT molecular complexity index is 854. The van der Waals surface area contributed by atoms with Crippen LogP contribution >= 0.6 is 0 Å². The summed E-state index contributed by atoms with van der Waals surface area (Å²) in [6.07, 6.45) is 2.76. The summed E-state index contributed by atoms with van der Waals surface area (Å²) in [5.74, 6) is 0.194. The van der Waals surface area contributed by atoms with Gasteiger partial charge in [-0.2, -0.15) is 0 Å². The number of hydrogen-bond donors (Lipinski definition) is 1. The minimum Gasteiger partial charge on any atom is -0.392 e. The van der Waals surface area contributed by atoms with Gasteiger partial charge in [0.2, 0.25) is 5.91 Å². The summed E-state index contributed by atoms with van der Waals surface area (Å²) in [6.45, 7) is 4.87. The van der Waals surface area contributed by atoms with E-state index in [0.717, 1.165) is 56.9 Å². The molecule has 2 unspecified atom stereocenters. The highest BCUT2D eigenvalue weighted by molar-refractivity contribution is 5.79. The van der Waals surface area contributed by atoms with Crippen molar-refractivity contribution in [2.24, 2.45) is 0 Å². The Balaban J connectivity index is 1.29. The highest BCUT2D eigenvalue weighted by Crippen LogP contribution is 2.39. The van der Waals surface area contributed by atoms with Crippen molar-refractivity contribution < 1.29 is 9.90 Å². The molecule has 152 valence electrons. The highest BCUT2D eigenvalue weighted by Gasteiger charge is 2.56. The van der Waals surface area contributed by atoms with E-state index in [2.05, 4.69) is 20.9 Å². The van der Waals surface area contributed by atoms with Crippen molar-refractivity contribution >= 4 is 5.91 Å². The maximum atomic E-state index is 13.1. The van der Waals surface area contributed by atoms with Crippen LogP contribution in [-0.4, -0.2) is 81.1 Å². The normalized spacial score (nSPS) is 26.3. The number of hydrogen-bond acceptors (Lipinski definition) is 5. The third-order valence-corrected chi connectivity index (χ3v) is 6.62. The van der Waals surface area contributed by atoms with Gasteiger partial charge in [-0.25, -0.2) is 0 Å². The molecule has 1 amide bonds. The Morgan fingerprint density at radius 2 is 1.86 bits per heavy atom. The summed E-state index contributed by atoms with van der Waals surface area (Å²) >= 11 is 0. The Morgan fingerprint density at radius 1 is 1.07 bits per heavy atom. The third-order valence-electron chi connectivity index (χ3n) is 6.62. The second-order valence-corrected chi connectivity index (χ2v) is 8.82. The molecule has 1 aromatic carbocycles. The number of piperazine rings is 1. The number of benzene rings is 1. The van der Waals surface area contributed by atoms with E-state index in [1.807, 2.05) is 53.6 Å². The second kappa shape index (κ2) is 7.52. The molecular formula is C23H28N4O2. The van der Waals surface area contributed by atoms with Gasteiger partial charge in [0.05, 0.1) is 23.8 Å². The van der Waals surface area contributed by atoms with Crippen molar-refractivity contribution in [2.45, 2.75) is 37.1 Å². The first-order valence-corrected chi connectivity index (χ1v) is 10.5. The summed E-state index contributed by atoms with van der Waals surface area (Å²) in [4.78, 5) is 24.4. The number of carbonyl (C=O) groups excluding carboxylic acids is 1. The molecule has 0 radical (unpaired) electrons. The standard InChI is InChI=1S/C23H28N4O2/c28-21-11-20-13-26(22(29)10-18-6-2-1-3-7-18)17-23(27(20)14-21)15-25(16-23)12-19-8-4-5-9-24-19/h1-9,20-21,28H,10-17H2. The molecule has 3 saturated heterocycles. The molecule has 3 aliphatic heterocycles. The minimum atomic E-state index is -0.286. The predicted octanol–water partition coefficient (Wildman–Crippen LogP) is 1.16. The first kappa shape index (κ1) is 18.7. The summed E-state index contributed by atoms with van der Waals surface area (Å²) < 4.78 is 0. The SMILES string of the molecule is O=C(Cc1ccccc1)N1CC2CC(O)CN2C2(CN(Cc3ccccn3)C2)C1. The van der Waals surface area contributed by atoms with E-state index in [1.165, 1.54) is 0 Å². The zero-order valence-electron chi connectivity index (χ0n) is 16.7. The predicted molar refractivity (Wildman–Crippen MR) is 110 cm³/mol. The van der Waals surface area contributed by atoms with Crippen LogP contribution in [0.2, 0.25) is 0 Å². The summed E-state index contributed by atoms with van der Waals surface area (Å²) in [5.41, 5.74) is 2.10. The van der Waals surface area contributed by atoms with Gasteiger partial charge in [0, 0.05) is 51.5 Å². The number of carbonyl (C=O) groups is 1. The molecule has 1 aromatic heterocycles. The number of fused-ring (bicyclic) bond motifs is 2. The van der Waals surface area contributed by atoms with Crippen molar-refractivity contribution in [2.75, 3.05) is 32.7 Å². The molecule has 3 aliphatic rings. The number of rotatable bonds is 4. The molecule has 1 spiro atoms. The van der Waals surface area contributed by atoms with Gasteiger partial charge in [0.15, 0.2) is 0 Å². The second-order valence-electron chi connectivity index (χ2n) is 8.82. The minimum absolute atomic E-state index is 0.0402. The van der Waals surface area contributed by atoms with E-state index < -0.39 is 0 Å². The number of amides is 1. The summed E-state index contributed by atoms with van der Waals surface area (Å²) in [6, 6.07) is 16.3. The average Bonchev–Trinajstić information content (AvgIpc) is 3.09. The third kappa shape index (κ3) is 3.68.